The van der Waals surface area contributed by atoms with Crippen LogP contribution in [-0.2, 0) is 42.3 Å². The van der Waals surface area contributed by atoms with Crippen molar-refractivity contribution >= 4 is 21.6 Å². The van der Waals surface area contributed by atoms with Crippen LogP contribution < -0.4 is 10.6 Å². The number of phosphoric acid groups is 2. The fourth-order valence-electron chi connectivity index (χ4n) is 9.21. The lowest BCUT2D eigenvalue weighted by molar-refractivity contribution is -0.336. The van der Waals surface area contributed by atoms with Crippen LogP contribution in [0.4, 0.5) is 0 Å². The fraction of sp³-hybridized carbons (Fsp3) is 0.976. The first-order valence-electron chi connectivity index (χ1n) is 22.5. The number of hydrogen-bond acceptors (Lipinski definition) is 17. The molecule has 0 aromatic rings. The van der Waals surface area contributed by atoms with Crippen molar-refractivity contribution in [3.63, 3.8) is 0 Å². The molecule has 0 aromatic heterocycles. The molecule has 0 aromatic carbocycles. The zero-order chi connectivity index (χ0) is 51.6. The number of methoxy groups -OCH3 is 1. The van der Waals surface area contributed by atoms with E-state index in [1.54, 1.807) is 34.6 Å². The summed E-state index contributed by atoms with van der Waals surface area (Å²) in [6, 6.07) is -0.877. The van der Waals surface area contributed by atoms with E-state index in [9.17, 15) is 30.3 Å². The molecule has 0 aliphatic carbocycles. The van der Waals surface area contributed by atoms with Crippen LogP contribution >= 0.6 is 15.6 Å². The second-order valence-electron chi connectivity index (χ2n) is 19.2. The highest BCUT2D eigenvalue weighted by molar-refractivity contribution is 7.45. The number of ether oxygens (including phenoxy) is 6. The Kier molecular flexibility index (Phi) is 24.9. The Balaban J connectivity index is 0.00000196. The largest absolute Gasteiger partial charge is 0.466 e. The summed E-state index contributed by atoms with van der Waals surface area (Å²) in [5.41, 5.74) is -5.95. The van der Waals surface area contributed by atoms with Crippen LogP contribution in [0.5, 0.6) is 0 Å². The van der Waals surface area contributed by atoms with Gasteiger partial charge in [0.1, 0.15) is 35.1 Å². The van der Waals surface area contributed by atoms with Crippen molar-refractivity contribution in [1.29, 1.82) is 0 Å². The van der Waals surface area contributed by atoms with Gasteiger partial charge >= 0.3 is 21.6 Å². The second-order valence-corrected chi connectivity index (χ2v) is 21.3. The van der Waals surface area contributed by atoms with Gasteiger partial charge in [-0.1, -0.05) is 27.7 Å². The smallest absolute Gasteiger partial charge is 0.459 e. The predicted octanol–water partition coefficient (Wildman–Crippen LogP) is 0.0711. The normalized spacial score (nSPS) is 42.4. The maximum absolute atomic E-state index is 14.3. The predicted molar refractivity (Wildman–Crippen MR) is 240 cm³/mol. The Bertz CT molecular complexity index is 1520. The van der Waals surface area contributed by atoms with Crippen LogP contribution in [0.1, 0.15) is 108 Å². The molecule has 0 radical (unpaired) electrons. The Morgan fingerprint density at radius 2 is 1.42 bits per heavy atom. The highest BCUT2D eigenvalue weighted by atomic mass is 31.2. The Morgan fingerprint density at radius 1 is 0.879 bits per heavy atom. The average Bonchev–Trinajstić information content (AvgIpc) is 3.17. The molecule has 0 spiro atoms. The van der Waals surface area contributed by atoms with Crippen LogP contribution in [0.3, 0.4) is 0 Å². The lowest BCUT2D eigenvalue weighted by Crippen LogP contribution is -2.70. The fourth-order valence-corrected chi connectivity index (χ4v) is 9.21. The number of nitrogens with one attached hydrogen (secondary N) is 2. The van der Waals surface area contributed by atoms with Gasteiger partial charge < -0.3 is 98.8 Å². The van der Waals surface area contributed by atoms with Gasteiger partial charge in [-0.25, -0.2) is 9.13 Å². The number of nitrogens with zero attached hydrogens (tertiary/aromatic N) is 1. The summed E-state index contributed by atoms with van der Waals surface area (Å²) in [6.07, 6.45) is -6.71. The van der Waals surface area contributed by atoms with E-state index in [4.69, 9.17) is 66.9 Å². The molecule has 3 aliphatic heterocycles. The van der Waals surface area contributed by atoms with Crippen LogP contribution in [0.25, 0.3) is 0 Å². The van der Waals surface area contributed by atoms with Gasteiger partial charge in [0.15, 0.2) is 12.6 Å². The molecular formula is C41H85N3O20P2. The van der Waals surface area contributed by atoms with E-state index in [-0.39, 0.29) is 43.9 Å². The summed E-state index contributed by atoms with van der Waals surface area (Å²) in [5, 5.41) is 65.8. The summed E-state index contributed by atoms with van der Waals surface area (Å²) < 4.78 is 56.1. The van der Waals surface area contributed by atoms with Gasteiger partial charge in [-0.2, -0.15) is 0 Å². The molecule has 25 heteroatoms. The quantitative estimate of drug-likeness (QED) is 0.0740. The molecule has 3 heterocycles. The molecule has 0 bridgehead atoms. The van der Waals surface area contributed by atoms with Gasteiger partial charge in [-0.05, 0) is 107 Å². The summed E-state index contributed by atoms with van der Waals surface area (Å²) in [5.74, 6) is -2.66. The molecule has 13 N–H and O–H groups in total. The van der Waals surface area contributed by atoms with E-state index < -0.39 is 111 Å². The Morgan fingerprint density at radius 3 is 1.91 bits per heavy atom. The molecule has 8 unspecified atom stereocenters. The maximum atomic E-state index is 14.3. The van der Waals surface area contributed by atoms with Crippen LogP contribution in [0, 0.1) is 17.8 Å². The standard InChI is InChI=1S/C41H79N3O12.2H3O4P/c1-15-17-42-22-41(50)28(8)53-31(20-39(41,10)51-14)55-33-25(5)35(56-37-32(45)29(44(12)13)18-24(4)52-37)38(9,48)19-23(3)21-43-27(7)34(46)40(11,49)30(16-2)54-36(47)26(33)6;2*1-5(2,3)4/h23-35,37,42-43,45-46,48-50H,15-22H2,1-14H3;2*(H3,1,2,3,4)/t23-,24?,25?,26?,27-,28?,29?,30?,31+,32-,33?,34-,35-,37?,38+,39-,40-,41+;;/m1../s1. The van der Waals surface area contributed by atoms with Crippen LogP contribution in [0.15, 0.2) is 0 Å². The van der Waals surface area contributed by atoms with E-state index >= 15 is 0 Å². The van der Waals surface area contributed by atoms with Gasteiger partial charge in [0.05, 0.1) is 35.9 Å². The first-order valence-corrected chi connectivity index (χ1v) is 25.6. The minimum absolute atomic E-state index is 0.0939. The molecule has 394 valence electrons. The van der Waals surface area contributed by atoms with Gasteiger partial charge in [0.2, 0.25) is 0 Å². The summed E-state index contributed by atoms with van der Waals surface area (Å²) in [4.78, 5) is 59.4. The molecule has 0 amide bonds. The van der Waals surface area contributed by atoms with E-state index in [2.05, 4.69) is 10.6 Å². The number of likely N-dealkylation sites (N-methyl/N-ethyl adjacent to an activating group) is 1. The number of aliphatic hydroxyl groups is 5. The molecule has 3 aliphatic rings. The van der Waals surface area contributed by atoms with Crippen molar-refractivity contribution in [2.24, 2.45) is 17.8 Å². The first-order chi connectivity index (χ1) is 29.9. The zero-order valence-corrected chi connectivity index (χ0v) is 43.0. The van der Waals surface area contributed by atoms with Crippen LogP contribution in [-0.4, -0.2) is 196 Å². The number of rotatable bonds is 11. The van der Waals surface area contributed by atoms with Crippen molar-refractivity contribution in [2.45, 2.75) is 198 Å². The number of carbonyl (C=O) groups excluding carboxylic acids is 1. The number of aliphatic hydroxyl groups excluding tert-OH is 2. The molecule has 66 heavy (non-hydrogen) atoms. The first kappa shape index (κ1) is 63.2. The van der Waals surface area contributed by atoms with Crippen molar-refractivity contribution < 1.29 is 97.2 Å². The topological polar surface area (TPSA) is 356 Å². The monoisotopic (exact) mass is 1000 g/mol. The minimum atomic E-state index is -4.64. The van der Waals surface area contributed by atoms with Crippen molar-refractivity contribution in [3.8, 4) is 0 Å². The lowest BCUT2D eigenvalue weighted by Gasteiger charge is -2.53. The van der Waals surface area contributed by atoms with E-state index in [0.29, 0.717) is 19.5 Å². The number of cyclic esters (lactones) is 1. The third-order valence-electron chi connectivity index (χ3n) is 13.0. The SMILES string of the molecule is CCCNC[C@]1(O)C(C)O[C@@H](OC2C(C)C(=O)OC(CC)[C@@](C)(O)[C@H](O)[C@@H](C)NC[C@H](C)C[C@](C)(O)[C@H](OC3OC(C)CC(N(C)C)[C@H]3O)C2C)C[C@@]1(C)OC.O=P(O)(O)O.O=P(O)(O)O. The minimum Gasteiger partial charge on any atom is -0.459 e. The number of esters is 1. The molecular weight excluding hydrogens is 916 g/mol. The Labute approximate surface area is 390 Å². The van der Waals surface area contributed by atoms with E-state index in [1.165, 1.54) is 14.0 Å². The van der Waals surface area contributed by atoms with Crippen molar-refractivity contribution in [3.05, 3.63) is 0 Å². The Hall–Kier alpha value is -0.830. The molecule has 3 rings (SSSR count). The zero-order valence-electron chi connectivity index (χ0n) is 41.2. The third kappa shape index (κ3) is 18.7. The van der Waals surface area contributed by atoms with E-state index in [1.807, 2.05) is 53.6 Å². The third-order valence-corrected chi connectivity index (χ3v) is 13.0. The molecule has 3 fully saturated rings. The second kappa shape index (κ2) is 26.0. The molecule has 18 atom stereocenters. The number of carbonyl (C=O) groups is 1. The highest BCUT2D eigenvalue weighted by Crippen LogP contribution is 2.43. The van der Waals surface area contributed by atoms with Gasteiger partial charge in [-0.15, -0.1) is 0 Å². The molecule has 23 nitrogen and oxygen atoms in total. The highest BCUT2D eigenvalue weighted by Gasteiger charge is 2.58. The van der Waals surface area contributed by atoms with E-state index in [0.717, 1.165) is 6.42 Å². The summed E-state index contributed by atoms with van der Waals surface area (Å²) in [6.45, 7) is 20.9. The molecule has 3 saturated heterocycles. The van der Waals surface area contributed by atoms with Gasteiger partial charge in [0.25, 0.3) is 0 Å². The molecule has 0 saturated carbocycles. The van der Waals surface area contributed by atoms with Crippen molar-refractivity contribution in [2.75, 3.05) is 40.8 Å². The average molecular weight is 1000 g/mol. The summed E-state index contributed by atoms with van der Waals surface area (Å²) in [7, 11) is -3.97. The van der Waals surface area contributed by atoms with Gasteiger partial charge in [-0.3, -0.25) is 4.79 Å². The van der Waals surface area contributed by atoms with Gasteiger partial charge in [0, 0.05) is 38.1 Å². The van der Waals surface area contributed by atoms with Crippen LogP contribution in [0.2, 0.25) is 0 Å². The van der Waals surface area contributed by atoms with Crippen molar-refractivity contribution in [1.82, 2.24) is 15.5 Å². The number of hydrogen-bond donors (Lipinski definition) is 13. The maximum Gasteiger partial charge on any atom is 0.466 e. The summed E-state index contributed by atoms with van der Waals surface area (Å²) >= 11 is 0. The lowest BCUT2D eigenvalue weighted by atomic mass is 9.75.